The third kappa shape index (κ3) is 9.40. The Kier molecular flexibility index (Phi) is 15.5. The summed E-state index contributed by atoms with van der Waals surface area (Å²) in [5.41, 5.74) is 4.54. The number of carbonyl (C=O) groups is 2. The summed E-state index contributed by atoms with van der Waals surface area (Å²) in [6.07, 6.45) is 7.19. The van der Waals surface area contributed by atoms with E-state index in [0.29, 0.717) is 24.5 Å². The van der Waals surface area contributed by atoms with Crippen LogP contribution in [0.1, 0.15) is 111 Å². The van der Waals surface area contributed by atoms with Gasteiger partial charge >= 0.3 is 0 Å². The van der Waals surface area contributed by atoms with Crippen LogP contribution in [-0.4, -0.2) is 21.1 Å². The van der Waals surface area contributed by atoms with Gasteiger partial charge in [0.2, 0.25) is 0 Å². The number of ketones is 2. The highest BCUT2D eigenvalue weighted by Gasteiger charge is 2.24. The van der Waals surface area contributed by atoms with E-state index < -0.39 is 0 Å². The van der Waals surface area contributed by atoms with Gasteiger partial charge in [0.05, 0.1) is 0 Å². The predicted octanol–water partition coefficient (Wildman–Crippen LogP) is 9.13. The van der Waals surface area contributed by atoms with Crippen LogP contribution in [0, 0.1) is 17.7 Å². The number of pyridine rings is 1. The molecule has 4 rings (SSSR count). The Morgan fingerprint density at radius 3 is 2.28 bits per heavy atom. The number of Topliss-reactive ketones (excluding diaryl/α,β-unsaturated/α-hetero) is 2. The summed E-state index contributed by atoms with van der Waals surface area (Å²) < 4.78 is 15.0. The second kappa shape index (κ2) is 17.7. The molecule has 0 saturated heterocycles. The monoisotopic (exact) mass is 538 g/mol. The normalized spacial score (nSPS) is 15.3. The maximum Gasteiger partial charge on any atom is 0.142 e. The number of halogens is 1. The molecule has 3 atom stereocenters. The summed E-state index contributed by atoms with van der Waals surface area (Å²) in [4.78, 5) is 28.5. The predicted molar refractivity (Wildman–Crippen MR) is 163 cm³/mol. The zero-order valence-electron chi connectivity index (χ0n) is 25.8. The highest BCUT2D eigenvalue weighted by molar-refractivity contribution is 5.90. The lowest BCUT2D eigenvalue weighted by molar-refractivity contribution is -0.123. The molecule has 2 aromatic heterocycles. The van der Waals surface area contributed by atoms with E-state index in [1.54, 1.807) is 12.1 Å². The molecule has 3 unspecified atom stereocenters. The van der Waals surface area contributed by atoms with Crippen LogP contribution in [0.25, 0.3) is 11.0 Å². The fourth-order valence-electron chi connectivity index (χ4n) is 4.87. The number of fused-ring (bicyclic) bond motifs is 3. The van der Waals surface area contributed by atoms with Crippen LogP contribution in [0.3, 0.4) is 0 Å². The minimum Gasteiger partial charge on any atom is -0.329 e. The number of hydrogen-bond donors (Lipinski definition) is 0. The molecule has 5 heteroatoms. The Bertz CT molecular complexity index is 1150. The maximum absolute atomic E-state index is 12.7. The van der Waals surface area contributed by atoms with Crippen LogP contribution in [0.2, 0.25) is 0 Å². The van der Waals surface area contributed by atoms with E-state index in [1.165, 1.54) is 35.2 Å². The molecular weight excluding hydrogens is 487 g/mol. The van der Waals surface area contributed by atoms with E-state index in [1.807, 2.05) is 60.7 Å². The minimum absolute atomic E-state index is 0.0741. The number of benzene rings is 1. The summed E-state index contributed by atoms with van der Waals surface area (Å²) in [7, 11) is 0. The standard InChI is InChI=1S/C17H22N2O.C13H17FO.2C2H6/c1-3-5-13(20)10-15-14-6-4-9-18-17(14)19-11-12(2)7-8-16(15)19;1-4-9(2)13(15)10(3)11-5-7-12(14)8-6-11;2*1-2/h4,6,9,12H,3,5,7-8,10-11H2,1-2H3;5-10H,4H2,1-3H3;2*1-2H3. The molecule has 0 fully saturated rings. The smallest absolute Gasteiger partial charge is 0.142 e. The van der Waals surface area contributed by atoms with E-state index in [9.17, 15) is 14.0 Å². The van der Waals surface area contributed by atoms with Crippen molar-refractivity contribution in [3.05, 3.63) is 65.2 Å². The van der Waals surface area contributed by atoms with Crippen molar-refractivity contribution in [3.63, 3.8) is 0 Å². The average molecular weight is 539 g/mol. The van der Waals surface area contributed by atoms with E-state index in [-0.39, 0.29) is 23.4 Å². The molecule has 3 heterocycles. The molecule has 1 aromatic carbocycles. The summed E-state index contributed by atoms with van der Waals surface area (Å²) in [5.74, 6) is 0.946. The molecule has 1 aliphatic heterocycles. The van der Waals surface area contributed by atoms with Gasteiger partial charge in [-0.15, -0.1) is 0 Å². The molecule has 0 saturated carbocycles. The number of carbonyl (C=O) groups excluding carboxylic acids is 2. The molecule has 0 radical (unpaired) electrons. The summed E-state index contributed by atoms with van der Waals surface area (Å²) in [6, 6.07) is 10.3. The van der Waals surface area contributed by atoms with Crippen LogP contribution in [0.4, 0.5) is 4.39 Å². The first-order valence-corrected chi connectivity index (χ1v) is 15.0. The highest BCUT2D eigenvalue weighted by Crippen LogP contribution is 2.32. The first-order chi connectivity index (χ1) is 18.8. The lowest BCUT2D eigenvalue weighted by Crippen LogP contribution is -2.19. The molecule has 39 heavy (non-hydrogen) atoms. The fourth-order valence-corrected chi connectivity index (χ4v) is 4.87. The average Bonchev–Trinajstić information content (AvgIpc) is 3.27. The molecule has 1 aliphatic rings. The molecule has 4 nitrogen and oxygen atoms in total. The van der Waals surface area contributed by atoms with Crippen LogP contribution in [-0.2, 0) is 29.0 Å². The maximum atomic E-state index is 12.7. The molecule has 0 aliphatic carbocycles. The van der Waals surface area contributed by atoms with Crippen LogP contribution in [0.5, 0.6) is 0 Å². The molecule has 216 valence electrons. The molecular formula is C34H51FN2O2. The molecule has 0 amide bonds. The third-order valence-electron chi connectivity index (χ3n) is 7.21. The summed E-state index contributed by atoms with van der Waals surface area (Å²) in [6.45, 7) is 19.2. The fraction of sp³-hybridized carbons (Fsp3) is 0.559. The number of nitrogens with zero attached hydrogens (tertiary/aromatic N) is 2. The number of hydrogen-bond acceptors (Lipinski definition) is 3. The van der Waals surface area contributed by atoms with Gasteiger partial charge in [0.25, 0.3) is 0 Å². The summed E-state index contributed by atoms with van der Waals surface area (Å²) >= 11 is 0. The van der Waals surface area contributed by atoms with E-state index >= 15 is 0 Å². The zero-order valence-corrected chi connectivity index (χ0v) is 25.8. The van der Waals surface area contributed by atoms with Crippen molar-refractivity contribution in [1.29, 1.82) is 0 Å². The van der Waals surface area contributed by atoms with Crippen molar-refractivity contribution in [1.82, 2.24) is 9.55 Å². The lowest BCUT2D eigenvalue weighted by atomic mass is 9.88. The topological polar surface area (TPSA) is 52.0 Å². The van der Waals surface area contributed by atoms with Gasteiger partial charge in [-0.3, -0.25) is 9.59 Å². The molecule has 0 N–H and O–H groups in total. The Hall–Kier alpha value is -2.82. The minimum atomic E-state index is -0.262. The van der Waals surface area contributed by atoms with Crippen molar-refractivity contribution in [2.45, 2.75) is 113 Å². The lowest BCUT2D eigenvalue weighted by Gasteiger charge is -2.22. The van der Waals surface area contributed by atoms with Crippen molar-refractivity contribution in [2.24, 2.45) is 11.8 Å². The highest BCUT2D eigenvalue weighted by atomic mass is 19.1. The Labute approximate surface area is 236 Å². The Morgan fingerprint density at radius 1 is 1.05 bits per heavy atom. The van der Waals surface area contributed by atoms with Crippen molar-refractivity contribution >= 4 is 22.6 Å². The van der Waals surface area contributed by atoms with Gasteiger partial charge in [-0.1, -0.05) is 74.4 Å². The van der Waals surface area contributed by atoms with Gasteiger partial charge in [-0.25, -0.2) is 9.37 Å². The quantitative estimate of drug-likeness (QED) is 0.287. The second-order valence-corrected chi connectivity index (χ2v) is 10.0. The van der Waals surface area contributed by atoms with Gasteiger partial charge < -0.3 is 4.57 Å². The van der Waals surface area contributed by atoms with Gasteiger partial charge in [0.15, 0.2) is 0 Å². The van der Waals surface area contributed by atoms with Gasteiger partial charge in [0.1, 0.15) is 23.0 Å². The summed E-state index contributed by atoms with van der Waals surface area (Å²) in [5, 5.41) is 1.18. The molecule has 3 aromatic rings. The van der Waals surface area contributed by atoms with Crippen molar-refractivity contribution in [2.75, 3.05) is 0 Å². The van der Waals surface area contributed by atoms with Crippen molar-refractivity contribution in [3.8, 4) is 0 Å². The third-order valence-corrected chi connectivity index (χ3v) is 7.21. The van der Waals surface area contributed by atoms with Gasteiger partial charge in [-0.2, -0.15) is 0 Å². The van der Waals surface area contributed by atoms with Crippen LogP contribution >= 0.6 is 0 Å². The van der Waals surface area contributed by atoms with Crippen LogP contribution < -0.4 is 0 Å². The first kappa shape index (κ1) is 34.2. The largest absolute Gasteiger partial charge is 0.329 e. The van der Waals surface area contributed by atoms with Gasteiger partial charge in [0, 0.05) is 48.5 Å². The second-order valence-electron chi connectivity index (χ2n) is 10.0. The van der Waals surface area contributed by atoms with Crippen molar-refractivity contribution < 1.29 is 14.0 Å². The number of aromatic nitrogens is 2. The van der Waals surface area contributed by atoms with Crippen LogP contribution in [0.15, 0.2) is 42.6 Å². The number of rotatable bonds is 8. The molecule has 0 bridgehead atoms. The van der Waals surface area contributed by atoms with Gasteiger partial charge in [-0.05, 0) is 67.0 Å². The zero-order chi connectivity index (χ0) is 29.5. The SMILES string of the molecule is CC.CC.CCC(C)C(=O)C(C)c1ccc(F)cc1.CCCC(=O)Cc1c2n(c3ncccc13)CC(C)CC2. The van der Waals surface area contributed by atoms with E-state index in [2.05, 4.69) is 29.5 Å². The Balaban J connectivity index is 0.000000358. The van der Waals surface area contributed by atoms with E-state index in [4.69, 9.17) is 0 Å². The first-order valence-electron chi connectivity index (χ1n) is 15.0. The Morgan fingerprint density at radius 2 is 1.69 bits per heavy atom. The molecule has 0 spiro atoms. The van der Waals surface area contributed by atoms with E-state index in [0.717, 1.165) is 37.0 Å².